The van der Waals surface area contributed by atoms with Crippen LogP contribution in [-0.2, 0) is 0 Å². The number of ketones is 1. The van der Waals surface area contributed by atoms with E-state index in [1.165, 1.54) is 35.7 Å². The van der Waals surface area contributed by atoms with E-state index in [0.717, 1.165) is 0 Å². The van der Waals surface area contributed by atoms with Crippen molar-refractivity contribution in [2.45, 2.75) is 0 Å². The average molecular weight is 318 g/mol. The third kappa shape index (κ3) is 3.69. The molecule has 2 nitrogen and oxygen atoms in total. The molecule has 0 atom stereocenters. The number of allylic oxidation sites excluding steroid dienone is 1. The Balaban J connectivity index is 3.29. The van der Waals surface area contributed by atoms with Crippen molar-refractivity contribution in [1.29, 1.82) is 5.26 Å². The minimum Gasteiger partial charge on any atom is -0.288 e. The second-order valence-corrected chi connectivity index (χ2v) is 5.93. The molecule has 1 aromatic rings. The first-order valence-electron chi connectivity index (χ1n) is 4.76. The number of hydrogen-bond acceptors (Lipinski definition) is 4. The first-order valence-corrected chi connectivity index (χ1v) is 7.97. The van der Waals surface area contributed by atoms with Crippen LogP contribution in [0.5, 0.6) is 0 Å². The molecular formula is C12H9Cl2NOS2. The van der Waals surface area contributed by atoms with Gasteiger partial charge in [-0.05, 0) is 30.7 Å². The molecule has 94 valence electrons. The van der Waals surface area contributed by atoms with Gasteiger partial charge in [-0.2, -0.15) is 5.26 Å². The van der Waals surface area contributed by atoms with Gasteiger partial charge in [0.2, 0.25) is 5.78 Å². The van der Waals surface area contributed by atoms with E-state index in [2.05, 4.69) is 0 Å². The molecule has 0 radical (unpaired) electrons. The molecule has 0 heterocycles. The van der Waals surface area contributed by atoms with Gasteiger partial charge in [-0.25, -0.2) is 0 Å². The summed E-state index contributed by atoms with van der Waals surface area (Å²) in [5.41, 5.74) is 0.443. The molecule has 0 aliphatic heterocycles. The first kappa shape index (κ1) is 15.5. The molecule has 6 heteroatoms. The van der Waals surface area contributed by atoms with Gasteiger partial charge in [0.15, 0.2) is 0 Å². The van der Waals surface area contributed by atoms with E-state index in [1.54, 1.807) is 6.07 Å². The van der Waals surface area contributed by atoms with Crippen LogP contribution in [-0.4, -0.2) is 18.3 Å². The normalized spacial score (nSPS) is 9.72. The van der Waals surface area contributed by atoms with Crippen LogP contribution in [0.25, 0.3) is 0 Å². The van der Waals surface area contributed by atoms with Gasteiger partial charge < -0.3 is 0 Å². The van der Waals surface area contributed by atoms with Crippen LogP contribution in [0, 0.1) is 11.3 Å². The Hall–Kier alpha value is -0.600. The quantitative estimate of drug-likeness (QED) is 0.461. The summed E-state index contributed by atoms with van der Waals surface area (Å²) in [6.07, 6.45) is 3.64. The van der Waals surface area contributed by atoms with Crippen molar-refractivity contribution in [2.24, 2.45) is 0 Å². The topological polar surface area (TPSA) is 40.9 Å². The van der Waals surface area contributed by atoms with E-state index in [0.29, 0.717) is 19.8 Å². The molecule has 0 bridgehead atoms. The van der Waals surface area contributed by atoms with Crippen molar-refractivity contribution >= 4 is 52.5 Å². The van der Waals surface area contributed by atoms with Crippen LogP contribution in [0.1, 0.15) is 10.4 Å². The third-order valence-electron chi connectivity index (χ3n) is 2.04. The second-order valence-electron chi connectivity index (χ2n) is 3.17. The van der Waals surface area contributed by atoms with Crippen molar-refractivity contribution in [3.05, 3.63) is 43.6 Å². The van der Waals surface area contributed by atoms with Gasteiger partial charge in [-0.3, -0.25) is 4.79 Å². The Kier molecular flexibility index (Phi) is 6.10. The van der Waals surface area contributed by atoms with Crippen molar-refractivity contribution in [2.75, 3.05) is 12.5 Å². The van der Waals surface area contributed by atoms with Crippen LogP contribution in [0.3, 0.4) is 0 Å². The number of rotatable bonds is 4. The van der Waals surface area contributed by atoms with E-state index < -0.39 is 0 Å². The molecule has 0 spiro atoms. The molecule has 0 saturated carbocycles. The molecule has 0 saturated heterocycles. The zero-order valence-corrected chi connectivity index (χ0v) is 12.8. The highest BCUT2D eigenvalue weighted by molar-refractivity contribution is 8.21. The number of carbonyl (C=O) groups is 1. The molecule has 0 fully saturated rings. The number of hydrogen-bond donors (Lipinski definition) is 0. The molecule has 0 aliphatic carbocycles. The number of carbonyl (C=O) groups excluding carboxylic acids is 1. The van der Waals surface area contributed by atoms with Crippen LogP contribution >= 0.6 is 46.7 Å². The highest BCUT2D eigenvalue weighted by Gasteiger charge is 2.17. The highest BCUT2D eigenvalue weighted by atomic mass is 35.5. The Morgan fingerprint density at radius 1 is 1.17 bits per heavy atom. The number of halogens is 2. The number of thioether (sulfide) groups is 2. The Labute approximate surface area is 124 Å². The lowest BCUT2D eigenvalue weighted by atomic mass is 10.1. The summed E-state index contributed by atoms with van der Waals surface area (Å²) in [6.45, 7) is 0. The minimum atomic E-state index is -0.361. The number of nitriles is 1. The Morgan fingerprint density at radius 2 is 1.67 bits per heavy atom. The predicted molar refractivity (Wildman–Crippen MR) is 80.5 cm³/mol. The number of benzene rings is 1. The summed E-state index contributed by atoms with van der Waals surface area (Å²) < 4.78 is 0.679. The summed E-state index contributed by atoms with van der Waals surface area (Å²) in [6, 6.07) is 6.50. The van der Waals surface area contributed by atoms with E-state index in [4.69, 9.17) is 28.5 Å². The molecule has 18 heavy (non-hydrogen) atoms. The minimum absolute atomic E-state index is 0.119. The van der Waals surface area contributed by atoms with Gasteiger partial charge >= 0.3 is 0 Å². The molecule has 0 aromatic heterocycles. The van der Waals surface area contributed by atoms with Crippen LogP contribution in [0.15, 0.2) is 28.0 Å². The summed E-state index contributed by atoms with van der Waals surface area (Å²) >= 11 is 14.4. The fourth-order valence-electron chi connectivity index (χ4n) is 1.31. The molecular weight excluding hydrogens is 309 g/mol. The molecule has 0 unspecified atom stereocenters. The maximum absolute atomic E-state index is 12.2. The van der Waals surface area contributed by atoms with Crippen molar-refractivity contribution in [1.82, 2.24) is 0 Å². The maximum Gasteiger partial charge on any atom is 0.205 e. The van der Waals surface area contributed by atoms with Crippen LogP contribution < -0.4 is 0 Å². The van der Waals surface area contributed by atoms with Crippen LogP contribution in [0.4, 0.5) is 0 Å². The fraction of sp³-hybridized carbons (Fsp3) is 0.167. The standard InChI is InChI=1S/C12H9Cl2NOS2/c1-17-12(18-2)10(6-15)11(16)7-3-8(13)5-9(14)4-7/h3-5H,1-2H3. The van der Waals surface area contributed by atoms with E-state index in [-0.39, 0.29) is 11.4 Å². The monoisotopic (exact) mass is 317 g/mol. The van der Waals surface area contributed by atoms with Gasteiger partial charge in [0.05, 0.1) is 4.24 Å². The molecule has 0 N–H and O–H groups in total. The molecule has 1 aromatic carbocycles. The predicted octanol–water partition coefficient (Wildman–Crippen LogP) is 4.64. The van der Waals surface area contributed by atoms with Crippen molar-refractivity contribution in [3.63, 3.8) is 0 Å². The van der Waals surface area contributed by atoms with E-state index in [1.807, 2.05) is 18.6 Å². The largest absolute Gasteiger partial charge is 0.288 e. The zero-order valence-electron chi connectivity index (χ0n) is 9.66. The van der Waals surface area contributed by atoms with Gasteiger partial charge in [-0.15, -0.1) is 23.5 Å². The smallest absolute Gasteiger partial charge is 0.205 e. The van der Waals surface area contributed by atoms with E-state index in [9.17, 15) is 4.79 Å². The van der Waals surface area contributed by atoms with Gasteiger partial charge in [-0.1, -0.05) is 23.2 Å². The lowest BCUT2D eigenvalue weighted by Gasteiger charge is -2.05. The molecule has 0 amide bonds. The number of nitrogens with zero attached hydrogens (tertiary/aromatic N) is 1. The second kappa shape index (κ2) is 7.10. The average Bonchev–Trinajstić information content (AvgIpc) is 2.33. The Morgan fingerprint density at radius 3 is 2.06 bits per heavy atom. The van der Waals surface area contributed by atoms with E-state index >= 15 is 0 Å². The SMILES string of the molecule is CSC(SC)=C(C#N)C(=O)c1cc(Cl)cc(Cl)c1. The first-order chi connectivity index (χ1) is 8.53. The van der Waals surface area contributed by atoms with Crippen LogP contribution in [0.2, 0.25) is 10.0 Å². The van der Waals surface area contributed by atoms with Crippen molar-refractivity contribution in [3.8, 4) is 6.07 Å². The summed E-state index contributed by atoms with van der Waals surface area (Å²) in [5.74, 6) is -0.361. The van der Waals surface area contributed by atoms with Gasteiger partial charge in [0.25, 0.3) is 0 Å². The summed E-state index contributed by atoms with van der Waals surface area (Å²) in [4.78, 5) is 12.2. The van der Waals surface area contributed by atoms with Crippen molar-refractivity contribution < 1.29 is 4.79 Å². The lowest BCUT2D eigenvalue weighted by molar-refractivity contribution is 0.103. The Bertz CT molecular complexity index is 523. The summed E-state index contributed by atoms with van der Waals surface area (Å²) in [7, 11) is 0. The summed E-state index contributed by atoms with van der Waals surface area (Å²) in [5, 5.41) is 9.85. The lowest BCUT2D eigenvalue weighted by Crippen LogP contribution is -2.03. The molecule has 0 aliphatic rings. The third-order valence-corrected chi connectivity index (χ3v) is 4.62. The molecule has 1 rings (SSSR count). The number of Topliss-reactive ketones (excluding diaryl/α,β-unsaturated/α-hetero) is 1. The van der Waals surface area contributed by atoms with Gasteiger partial charge in [0.1, 0.15) is 11.6 Å². The zero-order chi connectivity index (χ0) is 13.7. The maximum atomic E-state index is 12.2. The fourth-order valence-corrected chi connectivity index (χ4v) is 3.18. The van der Waals surface area contributed by atoms with Gasteiger partial charge in [0, 0.05) is 15.6 Å². The highest BCUT2D eigenvalue weighted by Crippen LogP contribution is 2.30.